The molecule has 3 rings (SSSR count). The van der Waals surface area contributed by atoms with Gasteiger partial charge in [-0.1, -0.05) is 20.8 Å². The smallest absolute Gasteiger partial charge is 0.292 e. The van der Waals surface area contributed by atoms with Gasteiger partial charge >= 0.3 is 6.03 Å². The van der Waals surface area contributed by atoms with Gasteiger partial charge < -0.3 is 0 Å². The number of imidazole rings is 1. The molecule has 1 aliphatic carbocycles. The second-order valence-electron chi connectivity index (χ2n) is 7.38. The number of carbonyl (C=O) groups excluding carboxylic acids is 1. The molecule has 1 atom stereocenters. The quantitative estimate of drug-likeness (QED) is 0.850. The van der Waals surface area contributed by atoms with Crippen LogP contribution in [0.1, 0.15) is 37.8 Å². The standard InChI is InChI=1S/C15H22N4O3S2/c1-15(2,3)9-5-6-10-11(7-9)23-14-17-12(8-19(10)14)16-13(20)18-24(4,21)22/h8-9H,5-7H2,1-4H3,(H2,16,18,20). The highest BCUT2D eigenvalue weighted by Crippen LogP contribution is 2.40. The normalized spacial score (nSPS) is 18.4. The van der Waals surface area contributed by atoms with Crippen LogP contribution in [0.3, 0.4) is 0 Å². The maximum Gasteiger partial charge on any atom is 0.334 e. The fraction of sp³-hybridized carbons (Fsp3) is 0.600. The third-order valence-corrected chi connectivity index (χ3v) is 6.08. The van der Waals surface area contributed by atoms with Gasteiger partial charge in [-0.3, -0.25) is 9.72 Å². The van der Waals surface area contributed by atoms with Gasteiger partial charge in [0.05, 0.1) is 12.5 Å². The zero-order valence-electron chi connectivity index (χ0n) is 14.2. The van der Waals surface area contributed by atoms with Gasteiger partial charge in [0.25, 0.3) is 0 Å². The Hall–Kier alpha value is -1.61. The number of nitrogens with one attached hydrogen (secondary N) is 2. The van der Waals surface area contributed by atoms with Crippen molar-refractivity contribution in [3.05, 3.63) is 16.8 Å². The zero-order chi connectivity index (χ0) is 17.7. The molecule has 0 fully saturated rings. The molecule has 7 nitrogen and oxygen atoms in total. The molecule has 2 aromatic rings. The van der Waals surface area contributed by atoms with Crippen molar-refractivity contribution in [2.24, 2.45) is 11.3 Å². The van der Waals surface area contributed by atoms with Crippen molar-refractivity contribution in [2.45, 2.75) is 40.0 Å². The fourth-order valence-electron chi connectivity index (χ4n) is 3.10. The van der Waals surface area contributed by atoms with Crippen LogP contribution in [0.4, 0.5) is 10.6 Å². The van der Waals surface area contributed by atoms with Gasteiger partial charge in [-0.25, -0.2) is 22.9 Å². The number of amides is 2. The molecule has 0 aromatic carbocycles. The van der Waals surface area contributed by atoms with Crippen LogP contribution in [-0.2, 0) is 22.9 Å². The Kier molecular flexibility index (Phi) is 4.11. The molecule has 2 amide bonds. The van der Waals surface area contributed by atoms with E-state index in [9.17, 15) is 13.2 Å². The van der Waals surface area contributed by atoms with Gasteiger partial charge in [-0.05, 0) is 30.6 Å². The van der Waals surface area contributed by atoms with Crippen LogP contribution in [0.25, 0.3) is 4.96 Å². The molecular formula is C15H22N4O3S2. The number of aromatic nitrogens is 2. The topological polar surface area (TPSA) is 92.6 Å². The van der Waals surface area contributed by atoms with Crippen LogP contribution >= 0.6 is 11.3 Å². The first-order valence-corrected chi connectivity index (χ1v) is 10.5. The van der Waals surface area contributed by atoms with Crippen LogP contribution < -0.4 is 10.0 Å². The maximum atomic E-state index is 11.6. The molecule has 9 heteroatoms. The van der Waals surface area contributed by atoms with Gasteiger partial charge in [0.2, 0.25) is 10.0 Å². The second-order valence-corrected chi connectivity index (χ2v) is 10.2. The summed E-state index contributed by atoms with van der Waals surface area (Å²) in [7, 11) is -3.59. The number of aryl methyl sites for hydroxylation is 1. The average Bonchev–Trinajstić information content (AvgIpc) is 2.91. The number of fused-ring (bicyclic) bond motifs is 3. The predicted molar refractivity (Wildman–Crippen MR) is 95.0 cm³/mol. The Morgan fingerprint density at radius 1 is 1.42 bits per heavy atom. The predicted octanol–water partition coefficient (Wildman–Crippen LogP) is 2.63. The molecular weight excluding hydrogens is 348 g/mol. The Bertz CT molecular complexity index is 890. The maximum absolute atomic E-state index is 11.6. The molecule has 132 valence electrons. The molecule has 1 aliphatic rings. The van der Waals surface area contributed by atoms with E-state index in [0.29, 0.717) is 17.2 Å². The molecule has 0 saturated carbocycles. The summed E-state index contributed by atoms with van der Waals surface area (Å²) < 4.78 is 26.0. The summed E-state index contributed by atoms with van der Waals surface area (Å²) in [6.45, 7) is 6.84. The van der Waals surface area contributed by atoms with E-state index in [0.717, 1.165) is 30.5 Å². The van der Waals surface area contributed by atoms with E-state index in [1.54, 1.807) is 17.5 Å². The van der Waals surface area contributed by atoms with Crippen molar-refractivity contribution in [3.63, 3.8) is 0 Å². The number of hydrogen-bond donors (Lipinski definition) is 2. The molecule has 0 spiro atoms. The van der Waals surface area contributed by atoms with E-state index in [1.807, 2.05) is 9.12 Å². The third kappa shape index (κ3) is 3.56. The lowest BCUT2D eigenvalue weighted by Gasteiger charge is -2.33. The SMILES string of the molecule is CC(C)(C)C1CCc2c(sc3nc(NC(=O)NS(C)(=O)=O)cn23)C1. The third-order valence-electron chi connectivity index (χ3n) is 4.41. The lowest BCUT2D eigenvalue weighted by atomic mass is 9.73. The largest absolute Gasteiger partial charge is 0.334 e. The van der Waals surface area contributed by atoms with Gasteiger partial charge in [0.15, 0.2) is 10.8 Å². The molecule has 2 heterocycles. The number of sulfonamides is 1. The number of hydrogen-bond acceptors (Lipinski definition) is 5. The van der Waals surface area contributed by atoms with Crippen molar-refractivity contribution in [1.29, 1.82) is 0 Å². The van der Waals surface area contributed by atoms with Crippen molar-refractivity contribution in [3.8, 4) is 0 Å². The Balaban J connectivity index is 1.80. The zero-order valence-corrected chi connectivity index (χ0v) is 15.8. The highest BCUT2D eigenvalue weighted by molar-refractivity contribution is 7.89. The minimum absolute atomic E-state index is 0.292. The van der Waals surface area contributed by atoms with E-state index < -0.39 is 16.1 Å². The van der Waals surface area contributed by atoms with Crippen LogP contribution in [-0.4, -0.2) is 30.1 Å². The van der Waals surface area contributed by atoms with Gasteiger partial charge in [0.1, 0.15) is 0 Å². The molecule has 0 radical (unpaired) electrons. The fourth-order valence-corrected chi connectivity index (χ4v) is 4.71. The van der Waals surface area contributed by atoms with Crippen LogP contribution in [0.5, 0.6) is 0 Å². The summed E-state index contributed by atoms with van der Waals surface area (Å²) in [6.07, 6.45) is 5.87. The summed E-state index contributed by atoms with van der Waals surface area (Å²) in [5, 5.41) is 2.46. The molecule has 1 unspecified atom stereocenters. The lowest BCUT2D eigenvalue weighted by Crippen LogP contribution is -2.33. The van der Waals surface area contributed by atoms with Crippen molar-refractivity contribution >= 4 is 38.2 Å². The van der Waals surface area contributed by atoms with Crippen LogP contribution in [0.2, 0.25) is 0 Å². The second kappa shape index (κ2) is 5.73. The van der Waals surface area contributed by atoms with E-state index in [1.165, 1.54) is 10.6 Å². The first-order valence-electron chi connectivity index (χ1n) is 7.81. The average molecular weight is 371 g/mol. The molecule has 0 saturated heterocycles. The summed E-state index contributed by atoms with van der Waals surface area (Å²) in [5.74, 6) is 1.01. The van der Waals surface area contributed by atoms with Crippen molar-refractivity contribution in [2.75, 3.05) is 11.6 Å². The number of anilines is 1. The van der Waals surface area contributed by atoms with Crippen LogP contribution in [0, 0.1) is 11.3 Å². The van der Waals surface area contributed by atoms with E-state index >= 15 is 0 Å². The van der Waals surface area contributed by atoms with Gasteiger partial charge in [-0.15, -0.1) is 11.3 Å². The Labute approximate surface area is 145 Å². The number of nitrogens with zero attached hydrogens (tertiary/aromatic N) is 2. The summed E-state index contributed by atoms with van der Waals surface area (Å²) in [4.78, 5) is 18.2. The number of thiazole rings is 1. The molecule has 2 N–H and O–H groups in total. The number of rotatable bonds is 2. The monoisotopic (exact) mass is 370 g/mol. The first kappa shape index (κ1) is 17.2. The minimum Gasteiger partial charge on any atom is -0.292 e. The highest BCUT2D eigenvalue weighted by Gasteiger charge is 2.31. The first-order chi connectivity index (χ1) is 11.0. The molecule has 2 aromatic heterocycles. The Morgan fingerprint density at radius 3 is 2.75 bits per heavy atom. The van der Waals surface area contributed by atoms with E-state index in [4.69, 9.17) is 0 Å². The minimum atomic E-state index is -3.59. The van der Waals surface area contributed by atoms with Crippen molar-refractivity contribution in [1.82, 2.24) is 14.1 Å². The Morgan fingerprint density at radius 2 is 2.12 bits per heavy atom. The molecule has 0 bridgehead atoms. The van der Waals surface area contributed by atoms with Gasteiger partial charge in [-0.2, -0.15) is 0 Å². The summed E-state index contributed by atoms with van der Waals surface area (Å²) >= 11 is 1.64. The van der Waals surface area contributed by atoms with E-state index in [-0.39, 0.29) is 0 Å². The summed E-state index contributed by atoms with van der Waals surface area (Å²) in [5.41, 5.74) is 1.54. The molecule has 24 heavy (non-hydrogen) atoms. The lowest BCUT2D eigenvalue weighted by molar-refractivity contribution is 0.216. The van der Waals surface area contributed by atoms with Crippen LogP contribution in [0.15, 0.2) is 6.20 Å². The van der Waals surface area contributed by atoms with Crippen molar-refractivity contribution < 1.29 is 13.2 Å². The highest BCUT2D eigenvalue weighted by atomic mass is 32.2. The van der Waals surface area contributed by atoms with E-state index in [2.05, 4.69) is 31.1 Å². The molecule has 0 aliphatic heterocycles. The van der Waals surface area contributed by atoms with Gasteiger partial charge in [0, 0.05) is 10.6 Å². The summed E-state index contributed by atoms with van der Waals surface area (Å²) in [6, 6.07) is -0.801. The number of carbonyl (C=O) groups is 1. The number of urea groups is 1.